The summed E-state index contributed by atoms with van der Waals surface area (Å²) in [6.45, 7) is -1.53. The number of carboxylic acids is 1. The highest BCUT2D eigenvalue weighted by Gasteiger charge is 2.54. The van der Waals surface area contributed by atoms with Crippen LogP contribution in [0.15, 0.2) is 48.5 Å². The van der Waals surface area contributed by atoms with Crippen LogP contribution in [0.3, 0.4) is 0 Å². The quantitative estimate of drug-likeness (QED) is 0.0629. The van der Waals surface area contributed by atoms with Crippen LogP contribution in [0, 0.1) is 0 Å². The lowest BCUT2D eigenvalue weighted by Crippen LogP contribution is -2.68. The maximum absolute atomic E-state index is 12.4. The molecule has 22 nitrogen and oxygen atoms in total. The number of hydrogen-bond donors (Lipinski definition) is 12. The minimum atomic E-state index is -1.97. The Morgan fingerprint density at radius 1 is 0.683 bits per heavy atom. The summed E-state index contributed by atoms with van der Waals surface area (Å²) < 4.78 is 39.5. The monoisotopic (exact) mass is 856 g/mol. The summed E-state index contributed by atoms with van der Waals surface area (Å²) in [5.41, 5.74) is 1.60. The average molecular weight is 857 g/mol. The molecule has 5 rings (SSSR count). The smallest absolute Gasteiger partial charge is 0.335 e. The first-order valence-corrected chi connectivity index (χ1v) is 19.1. The van der Waals surface area contributed by atoms with E-state index in [-0.39, 0.29) is 31.7 Å². The largest absolute Gasteiger partial charge is 0.484 e. The van der Waals surface area contributed by atoms with Gasteiger partial charge in [-0.3, -0.25) is 9.59 Å². The molecule has 0 saturated carbocycles. The first-order valence-electron chi connectivity index (χ1n) is 19.1. The van der Waals surface area contributed by atoms with Gasteiger partial charge < -0.3 is 94.9 Å². The van der Waals surface area contributed by atoms with Gasteiger partial charge in [0.25, 0.3) is 5.91 Å². The van der Waals surface area contributed by atoms with Crippen LogP contribution in [0.1, 0.15) is 23.7 Å². The molecule has 0 radical (unpaired) electrons. The maximum atomic E-state index is 12.4. The molecule has 334 valence electrons. The molecule has 6 unspecified atom stereocenters. The number of carboxylic acid groups (broad SMARTS) is 1. The molecular weight excluding hydrogens is 804 g/mol. The van der Waals surface area contributed by atoms with Crippen LogP contribution < -0.4 is 15.4 Å². The molecule has 3 heterocycles. The van der Waals surface area contributed by atoms with E-state index in [1.165, 1.54) is 6.07 Å². The topological polar surface area (TPSA) is 342 Å². The third kappa shape index (κ3) is 11.5. The fourth-order valence-corrected chi connectivity index (χ4v) is 6.86. The number of aromatic carboxylic acids is 1. The Labute approximate surface area is 342 Å². The maximum Gasteiger partial charge on any atom is 0.335 e. The number of nitrogens with one attached hydrogen (secondary N) is 2. The Bertz CT molecular complexity index is 1700. The van der Waals surface area contributed by atoms with Gasteiger partial charge >= 0.3 is 5.97 Å². The van der Waals surface area contributed by atoms with E-state index in [0.29, 0.717) is 11.3 Å². The molecule has 3 aliphatic heterocycles. The number of aliphatic hydroxyl groups is 9. The molecule has 2 amide bonds. The number of ether oxygens (including phenoxy) is 7. The fraction of sp³-hybridized carbons (Fsp3) is 0.605. The third-order valence-corrected chi connectivity index (χ3v) is 10.1. The molecule has 22 heteroatoms. The van der Waals surface area contributed by atoms with Gasteiger partial charge in [0, 0.05) is 13.5 Å². The lowest BCUT2D eigenvalue weighted by atomic mass is 9.95. The summed E-state index contributed by atoms with van der Waals surface area (Å²) in [4.78, 5) is 35.9. The average Bonchev–Trinajstić information content (AvgIpc) is 3.24. The molecule has 12 N–H and O–H groups in total. The van der Waals surface area contributed by atoms with Gasteiger partial charge in [0.2, 0.25) is 5.91 Å². The van der Waals surface area contributed by atoms with E-state index < -0.39 is 130 Å². The van der Waals surface area contributed by atoms with Crippen LogP contribution >= 0.6 is 0 Å². The number of rotatable bonds is 18. The lowest BCUT2D eigenvalue weighted by Gasteiger charge is -2.48. The number of aliphatic hydroxyl groups excluding tert-OH is 9. The number of carbonyl (C=O) groups is 3. The second-order valence-corrected chi connectivity index (χ2v) is 14.3. The minimum Gasteiger partial charge on any atom is -0.484 e. The van der Waals surface area contributed by atoms with E-state index in [4.69, 9.17) is 33.2 Å². The van der Waals surface area contributed by atoms with Crippen LogP contribution in [0.25, 0.3) is 11.1 Å². The standard InChI is InChI=1S/C38H52N2O20/c1-17(44)40-26-29(48)33(59-38-32(51)34(28(47)23(14-42)57-38)60-37-31(50)30(49)27(46)22(13-41)56-37)24(15-43)58-36(26)54-11-3-10-39-25(45)16-55-21-8-6-18(7-9-21)19-4-2-5-20(12-19)35(52)53/h2,4-9,12,22-24,26-34,36-38,41-43,46-51H,3,10-11,13-16H2,1H3,(H,39,45)(H,40,44)(H,52,53)/t22?,23?,24?,26?,27-,28-,29+,30?,31-,32?,33+,34-,36+,37+,38-/m0/s1. The second kappa shape index (κ2) is 21.7. The molecule has 3 aliphatic rings. The second-order valence-electron chi connectivity index (χ2n) is 14.3. The third-order valence-electron chi connectivity index (χ3n) is 10.1. The van der Waals surface area contributed by atoms with Crippen molar-refractivity contribution < 1.29 is 98.6 Å². The van der Waals surface area contributed by atoms with Gasteiger partial charge in [0.1, 0.15) is 78.9 Å². The highest BCUT2D eigenvalue weighted by Crippen LogP contribution is 2.33. The highest BCUT2D eigenvalue weighted by atomic mass is 16.8. The molecule has 2 aromatic carbocycles. The molecule has 0 spiro atoms. The predicted molar refractivity (Wildman–Crippen MR) is 199 cm³/mol. The Kier molecular flexibility index (Phi) is 17.1. The van der Waals surface area contributed by atoms with Crippen LogP contribution in [-0.4, -0.2) is 200 Å². The van der Waals surface area contributed by atoms with Gasteiger partial charge in [-0.05, 0) is 41.8 Å². The summed E-state index contributed by atoms with van der Waals surface area (Å²) in [7, 11) is 0. The summed E-state index contributed by atoms with van der Waals surface area (Å²) in [6.07, 6.45) is -23.3. The van der Waals surface area contributed by atoms with Gasteiger partial charge in [-0.15, -0.1) is 0 Å². The van der Waals surface area contributed by atoms with Gasteiger partial charge in [-0.2, -0.15) is 0 Å². The lowest BCUT2D eigenvalue weighted by molar-refractivity contribution is -0.376. The number of carbonyl (C=O) groups excluding carboxylic acids is 2. The van der Waals surface area contributed by atoms with Crippen molar-refractivity contribution in [2.45, 2.75) is 105 Å². The molecule has 15 atom stereocenters. The van der Waals surface area contributed by atoms with E-state index in [1.807, 2.05) is 0 Å². The van der Waals surface area contributed by atoms with Crippen molar-refractivity contribution in [1.29, 1.82) is 0 Å². The predicted octanol–water partition coefficient (Wildman–Crippen LogP) is -4.45. The number of benzene rings is 2. The first-order chi connectivity index (χ1) is 28.7. The Balaban J connectivity index is 1.13. The van der Waals surface area contributed by atoms with E-state index in [9.17, 15) is 65.4 Å². The zero-order valence-electron chi connectivity index (χ0n) is 32.3. The van der Waals surface area contributed by atoms with Gasteiger partial charge in [-0.25, -0.2) is 4.79 Å². The minimum absolute atomic E-state index is 0.0691. The van der Waals surface area contributed by atoms with Crippen molar-refractivity contribution in [3.05, 3.63) is 54.1 Å². The van der Waals surface area contributed by atoms with Crippen LogP contribution in [0.2, 0.25) is 0 Å². The zero-order chi connectivity index (χ0) is 43.7. The fourth-order valence-electron chi connectivity index (χ4n) is 6.86. The molecule has 60 heavy (non-hydrogen) atoms. The molecule has 0 aliphatic carbocycles. The molecule has 0 bridgehead atoms. The van der Waals surface area contributed by atoms with Gasteiger partial charge in [0.15, 0.2) is 25.5 Å². The van der Waals surface area contributed by atoms with Crippen molar-refractivity contribution in [3.8, 4) is 16.9 Å². The van der Waals surface area contributed by atoms with E-state index in [1.54, 1.807) is 42.5 Å². The van der Waals surface area contributed by atoms with Gasteiger partial charge in [0.05, 0.1) is 32.0 Å². The van der Waals surface area contributed by atoms with Crippen LogP contribution in [-0.2, 0) is 38.0 Å². The van der Waals surface area contributed by atoms with Crippen molar-refractivity contribution in [3.63, 3.8) is 0 Å². The SMILES string of the molecule is CC(=O)NC1[C@H](OCCCNC(=O)COc2ccc(-c3cccc(C(=O)O)c3)cc2)OC(CO)[C@@H](O[C@@H]2OC(CO)[C@H](O)[C@H](O[C@H]3OC(CO)[C@H](O)C(O)[C@@H]3O)C2O)[C@@H]1O. The normalized spacial score (nSPS) is 34.4. The van der Waals surface area contributed by atoms with E-state index >= 15 is 0 Å². The van der Waals surface area contributed by atoms with Crippen molar-refractivity contribution in [2.75, 3.05) is 39.6 Å². The summed E-state index contributed by atoms with van der Waals surface area (Å²) >= 11 is 0. The molecule has 2 aromatic rings. The van der Waals surface area contributed by atoms with Crippen molar-refractivity contribution in [2.24, 2.45) is 0 Å². The summed E-state index contributed by atoms with van der Waals surface area (Å²) in [5.74, 6) is -1.70. The van der Waals surface area contributed by atoms with Crippen molar-refractivity contribution in [1.82, 2.24) is 10.6 Å². The Morgan fingerprint density at radius 3 is 1.93 bits per heavy atom. The van der Waals surface area contributed by atoms with Crippen LogP contribution in [0.4, 0.5) is 0 Å². The first kappa shape index (κ1) is 47.1. The molecule has 3 saturated heterocycles. The zero-order valence-corrected chi connectivity index (χ0v) is 32.3. The van der Waals surface area contributed by atoms with Crippen LogP contribution in [0.5, 0.6) is 5.75 Å². The molecular formula is C38H52N2O20. The summed E-state index contributed by atoms with van der Waals surface area (Å²) in [6, 6.07) is 11.9. The van der Waals surface area contributed by atoms with Crippen molar-refractivity contribution >= 4 is 17.8 Å². The van der Waals surface area contributed by atoms with E-state index in [2.05, 4.69) is 10.6 Å². The Hall–Kier alpha value is -3.95. The van der Waals surface area contributed by atoms with Gasteiger partial charge in [-0.1, -0.05) is 24.3 Å². The molecule has 0 aromatic heterocycles. The number of amides is 2. The Morgan fingerprint density at radius 2 is 1.30 bits per heavy atom. The molecule has 3 fully saturated rings. The number of hydrogen-bond acceptors (Lipinski definition) is 19. The summed E-state index contributed by atoms with van der Waals surface area (Å²) in [5, 5.41) is 108. The van der Waals surface area contributed by atoms with E-state index in [0.717, 1.165) is 12.5 Å². The highest BCUT2D eigenvalue weighted by molar-refractivity contribution is 5.89.